The van der Waals surface area contributed by atoms with Crippen LogP contribution in [0, 0.1) is 6.92 Å². The number of aromatic amines is 1. The van der Waals surface area contributed by atoms with E-state index in [2.05, 4.69) is 20.2 Å². The molecule has 2 amide bonds. The van der Waals surface area contributed by atoms with Crippen molar-refractivity contribution in [3.63, 3.8) is 0 Å². The smallest absolute Gasteiger partial charge is 0.322 e. The first-order chi connectivity index (χ1) is 12.2. The topological polar surface area (TPSA) is 75.8 Å². The fourth-order valence-electron chi connectivity index (χ4n) is 3.05. The van der Waals surface area contributed by atoms with Crippen molar-refractivity contribution in [3.8, 4) is 0 Å². The van der Waals surface area contributed by atoms with E-state index in [1.165, 1.54) is 0 Å². The Morgan fingerprint density at radius 1 is 1.20 bits per heavy atom. The molecule has 0 unspecified atom stereocenters. The second kappa shape index (κ2) is 6.43. The Balaban J connectivity index is 1.38. The van der Waals surface area contributed by atoms with Gasteiger partial charge in [-0.2, -0.15) is 0 Å². The standard InChI is InChI=1S/C18H19N5O2/c1-13-20-15-12-14(5-6-16(15)25-13)21-18(24)23-10-8-22(9-11-23)17-4-2-3-7-19-17/h2-7,12H,8-11H2,1H3,(H,21,24)/p+1. The molecule has 0 atom stereocenters. The number of nitrogens with one attached hydrogen (secondary N) is 2. The van der Waals surface area contributed by atoms with Crippen LogP contribution in [0.1, 0.15) is 5.89 Å². The number of piperazine rings is 1. The molecule has 0 aliphatic carbocycles. The van der Waals surface area contributed by atoms with E-state index >= 15 is 0 Å². The zero-order valence-electron chi connectivity index (χ0n) is 14.0. The fourth-order valence-corrected chi connectivity index (χ4v) is 3.05. The summed E-state index contributed by atoms with van der Waals surface area (Å²) in [4.78, 5) is 24.1. The molecule has 1 aliphatic rings. The Labute approximate surface area is 145 Å². The number of benzene rings is 1. The summed E-state index contributed by atoms with van der Waals surface area (Å²) in [5.74, 6) is 1.70. The summed E-state index contributed by atoms with van der Waals surface area (Å²) >= 11 is 0. The van der Waals surface area contributed by atoms with E-state index < -0.39 is 0 Å². The maximum absolute atomic E-state index is 12.5. The summed E-state index contributed by atoms with van der Waals surface area (Å²) in [5, 5.41) is 2.95. The lowest BCUT2D eigenvalue weighted by atomic mass is 10.3. The van der Waals surface area contributed by atoms with Gasteiger partial charge in [-0.3, -0.25) is 4.90 Å². The lowest BCUT2D eigenvalue weighted by molar-refractivity contribution is -0.364. The summed E-state index contributed by atoms with van der Waals surface area (Å²) in [7, 11) is 0. The van der Waals surface area contributed by atoms with Crippen molar-refractivity contribution < 1.29 is 14.2 Å². The van der Waals surface area contributed by atoms with Crippen LogP contribution in [0.2, 0.25) is 0 Å². The van der Waals surface area contributed by atoms with Gasteiger partial charge in [0, 0.05) is 18.7 Å². The van der Waals surface area contributed by atoms with Gasteiger partial charge in [-0.1, -0.05) is 6.07 Å². The van der Waals surface area contributed by atoms with Crippen LogP contribution < -0.4 is 15.2 Å². The molecule has 1 saturated heterocycles. The van der Waals surface area contributed by atoms with Crippen molar-refractivity contribution in [2.24, 2.45) is 0 Å². The highest BCUT2D eigenvalue weighted by Gasteiger charge is 2.26. The molecular formula is C18H20N5O2+. The number of urea groups is 1. The van der Waals surface area contributed by atoms with Crippen LogP contribution >= 0.6 is 0 Å². The molecule has 3 heterocycles. The Bertz CT molecular complexity index is 885. The van der Waals surface area contributed by atoms with E-state index in [-0.39, 0.29) is 6.03 Å². The minimum absolute atomic E-state index is 0.0868. The second-order valence-electron chi connectivity index (χ2n) is 6.07. The van der Waals surface area contributed by atoms with Crippen LogP contribution in [0.5, 0.6) is 0 Å². The number of H-pyrrole nitrogens is 1. The molecule has 0 radical (unpaired) electrons. The van der Waals surface area contributed by atoms with Crippen LogP contribution in [0.4, 0.5) is 16.3 Å². The number of rotatable bonds is 2. The molecular weight excluding hydrogens is 318 g/mol. The molecule has 3 aromatic rings. The Kier molecular flexibility index (Phi) is 3.97. The monoisotopic (exact) mass is 338 g/mol. The first-order valence-electron chi connectivity index (χ1n) is 8.34. The van der Waals surface area contributed by atoms with Crippen molar-refractivity contribution in [1.82, 2.24) is 9.88 Å². The molecule has 0 saturated carbocycles. The van der Waals surface area contributed by atoms with E-state index in [9.17, 15) is 4.79 Å². The van der Waals surface area contributed by atoms with Crippen LogP contribution in [0.3, 0.4) is 0 Å². The number of carbonyl (C=O) groups excluding carboxylic acids is 1. The third-order valence-electron chi connectivity index (χ3n) is 4.35. The number of hydrogen-bond donors (Lipinski definition) is 1. The molecule has 25 heavy (non-hydrogen) atoms. The van der Waals surface area contributed by atoms with Gasteiger partial charge in [0.2, 0.25) is 0 Å². The van der Waals surface area contributed by atoms with E-state index in [4.69, 9.17) is 4.42 Å². The van der Waals surface area contributed by atoms with Crippen molar-refractivity contribution in [3.05, 3.63) is 48.5 Å². The molecule has 4 rings (SSSR count). The first kappa shape index (κ1) is 15.4. The van der Waals surface area contributed by atoms with Gasteiger partial charge in [0.25, 0.3) is 5.82 Å². The largest absolute Gasteiger partial charge is 0.441 e. The number of aromatic nitrogens is 2. The molecule has 1 fully saturated rings. The number of carbonyl (C=O) groups is 1. The van der Waals surface area contributed by atoms with Crippen molar-refractivity contribution >= 4 is 28.6 Å². The minimum Gasteiger partial charge on any atom is -0.441 e. The molecule has 0 spiro atoms. The lowest BCUT2D eigenvalue weighted by Crippen LogP contribution is -2.51. The van der Waals surface area contributed by atoms with Gasteiger partial charge < -0.3 is 14.6 Å². The van der Waals surface area contributed by atoms with Crippen molar-refractivity contribution in [2.75, 3.05) is 36.4 Å². The van der Waals surface area contributed by atoms with E-state index in [0.717, 1.165) is 35.7 Å². The number of pyridine rings is 1. The number of aryl methyl sites for hydroxylation is 1. The predicted molar refractivity (Wildman–Crippen MR) is 94.5 cm³/mol. The first-order valence-corrected chi connectivity index (χ1v) is 8.34. The van der Waals surface area contributed by atoms with E-state index in [1.54, 1.807) is 0 Å². The maximum atomic E-state index is 12.5. The Morgan fingerprint density at radius 2 is 2.04 bits per heavy atom. The van der Waals surface area contributed by atoms with Gasteiger partial charge in [-0.25, -0.2) is 14.8 Å². The number of hydrogen-bond acceptors (Lipinski definition) is 4. The molecule has 7 heteroatoms. The predicted octanol–water partition coefficient (Wildman–Crippen LogP) is 2.30. The third kappa shape index (κ3) is 3.26. The van der Waals surface area contributed by atoms with Crippen molar-refractivity contribution in [2.45, 2.75) is 6.92 Å². The molecule has 2 aromatic heterocycles. The number of nitrogens with zero attached hydrogens (tertiary/aromatic N) is 3. The van der Waals surface area contributed by atoms with Gasteiger partial charge in [-0.15, -0.1) is 0 Å². The average molecular weight is 338 g/mol. The van der Waals surface area contributed by atoms with Gasteiger partial charge in [0.05, 0.1) is 19.3 Å². The van der Waals surface area contributed by atoms with Gasteiger partial charge in [-0.05, 0) is 24.3 Å². The Morgan fingerprint density at radius 3 is 2.80 bits per heavy atom. The lowest BCUT2D eigenvalue weighted by Gasteiger charge is -2.30. The molecule has 1 aromatic carbocycles. The molecule has 7 nitrogen and oxygen atoms in total. The highest BCUT2D eigenvalue weighted by molar-refractivity contribution is 5.91. The molecule has 2 N–H and O–H groups in total. The van der Waals surface area contributed by atoms with E-state index in [0.29, 0.717) is 19.0 Å². The van der Waals surface area contributed by atoms with E-state index in [1.807, 2.05) is 54.4 Å². The summed E-state index contributed by atoms with van der Waals surface area (Å²) in [6.45, 7) is 4.77. The van der Waals surface area contributed by atoms with Crippen LogP contribution in [-0.2, 0) is 0 Å². The number of anilines is 2. The molecule has 128 valence electrons. The van der Waals surface area contributed by atoms with Gasteiger partial charge in [0.1, 0.15) is 18.6 Å². The minimum atomic E-state index is -0.0868. The quantitative estimate of drug-likeness (QED) is 0.778. The summed E-state index contributed by atoms with van der Waals surface area (Å²) in [5.41, 5.74) is 2.20. The average Bonchev–Trinajstić information content (AvgIpc) is 3.02. The molecule has 0 bridgehead atoms. The second-order valence-corrected chi connectivity index (χ2v) is 6.07. The van der Waals surface area contributed by atoms with Gasteiger partial charge in [0.15, 0.2) is 11.5 Å². The summed E-state index contributed by atoms with van der Waals surface area (Å²) in [6.07, 6.45) is 1.91. The normalized spacial score (nSPS) is 14.8. The highest BCUT2D eigenvalue weighted by Crippen LogP contribution is 2.20. The zero-order valence-corrected chi connectivity index (χ0v) is 14.0. The summed E-state index contributed by atoms with van der Waals surface area (Å²) in [6, 6.07) is 11.4. The third-order valence-corrected chi connectivity index (χ3v) is 4.35. The number of oxazole rings is 1. The summed E-state index contributed by atoms with van der Waals surface area (Å²) < 4.78 is 5.46. The molecule has 1 aliphatic heterocycles. The number of fused-ring (bicyclic) bond motifs is 1. The van der Waals surface area contributed by atoms with Crippen molar-refractivity contribution in [1.29, 1.82) is 0 Å². The van der Waals surface area contributed by atoms with Crippen LogP contribution in [0.25, 0.3) is 11.1 Å². The highest BCUT2D eigenvalue weighted by atomic mass is 16.3. The van der Waals surface area contributed by atoms with Crippen LogP contribution in [-0.4, -0.2) is 42.1 Å². The van der Waals surface area contributed by atoms with Crippen LogP contribution in [0.15, 0.2) is 47.0 Å². The SMILES string of the molecule is Cc1nc2cc(NC(=O)N3CCN(c4cccc[nH+]4)CC3)ccc2o1. The Hall–Kier alpha value is -3.09. The van der Waals surface area contributed by atoms with Gasteiger partial charge >= 0.3 is 6.03 Å². The number of amides is 2. The maximum Gasteiger partial charge on any atom is 0.322 e. The zero-order chi connectivity index (χ0) is 17.2. The fraction of sp³-hybridized carbons (Fsp3) is 0.278.